The first-order chi connectivity index (χ1) is 20.3. The summed E-state index contributed by atoms with van der Waals surface area (Å²) in [5.41, 5.74) is 1.27. The normalized spacial score (nSPS) is 8.98. The van der Waals surface area contributed by atoms with Gasteiger partial charge in [0.05, 0.1) is 0 Å². The van der Waals surface area contributed by atoms with Gasteiger partial charge in [0.15, 0.2) is 0 Å². The first-order valence-electron chi connectivity index (χ1n) is 12.1. The van der Waals surface area contributed by atoms with Crippen LogP contribution in [0, 0.1) is 35.4 Å². The van der Waals surface area contributed by atoms with Crippen LogP contribution in [-0.4, -0.2) is 19.9 Å². The third-order valence-corrected chi connectivity index (χ3v) is 5.32. The van der Waals surface area contributed by atoms with Crippen molar-refractivity contribution in [2.75, 3.05) is 0 Å². The first-order valence-corrected chi connectivity index (χ1v) is 12.9. The Morgan fingerprint density at radius 2 is 0.822 bits per heavy atom. The van der Waals surface area contributed by atoms with E-state index in [1.165, 1.54) is 0 Å². The van der Waals surface area contributed by atoms with Crippen molar-refractivity contribution < 1.29 is 59.7 Å². The van der Waals surface area contributed by atoms with Crippen molar-refractivity contribution in [1.29, 1.82) is 0 Å². The van der Waals surface area contributed by atoms with Gasteiger partial charge in [0.25, 0.3) is 0 Å². The van der Waals surface area contributed by atoms with Crippen LogP contribution in [0.4, 0.5) is 17.6 Å². The molecule has 12 heteroatoms. The van der Waals surface area contributed by atoms with E-state index in [9.17, 15) is 17.6 Å². The van der Waals surface area contributed by atoms with Crippen LogP contribution < -0.4 is 0 Å². The van der Waals surface area contributed by atoms with E-state index in [4.69, 9.17) is 25.3 Å². The molecule has 0 fully saturated rings. The van der Waals surface area contributed by atoms with Crippen molar-refractivity contribution in [1.82, 2.24) is 19.9 Å². The summed E-state index contributed by atoms with van der Waals surface area (Å²) in [6, 6.07) is 30.1. The molecule has 0 saturated carbocycles. The maximum absolute atomic E-state index is 13.2. The van der Waals surface area contributed by atoms with E-state index in [1.807, 2.05) is 24.3 Å². The number of aromatic nitrogens is 4. The molecule has 6 rings (SSSR count). The van der Waals surface area contributed by atoms with Gasteiger partial charge in [0.1, 0.15) is 0 Å². The predicted molar refractivity (Wildman–Crippen MR) is 163 cm³/mol. The van der Waals surface area contributed by atoms with Gasteiger partial charge in [0, 0.05) is 48.1 Å². The summed E-state index contributed by atoms with van der Waals surface area (Å²) in [5, 5.41) is 1.31. The summed E-state index contributed by atoms with van der Waals surface area (Å²) in [6.45, 7) is 0. The molecule has 2 aromatic carbocycles. The average Bonchev–Trinajstić information content (AvgIpc) is 3.00. The Labute approximate surface area is 300 Å². The zero-order valence-electron chi connectivity index (χ0n) is 22.3. The van der Waals surface area contributed by atoms with Crippen LogP contribution in [0.5, 0.6) is 0 Å². The van der Waals surface area contributed by atoms with Gasteiger partial charge in [-0.2, -0.15) is 0 Å². The molecule has 0 saturated heterocycles. The van der Waals surface area contributed by atoms with Crippen LogP contribution in [0.25, 0.3) is 22.5 Å². The van der Waals surface area contributed by atoms with Crippen LogP contribution in [0.2, 0.25) is 0 Å². The smallest absolute Gasteiger partial charge is 0.760 e. The number of nitrogens with zero attached hydrogens (tertiary/aromatic N) is 4. The molecule has 0 unspecified atom stereocenters. The minimum absolute atomic E-state index is 0. The van der Waals surface area contributed by atoms with Crippen LogP contribution in [0.15, 0.2) is 132 Å². The van der Waals surface area contributed by atoms with Gasteiger partial charge in [-0.1, -0.05) is 89.3 Å². The summed E-state index contributed by atoms with van der Waals surface area (Å²) in [6.07, 6.45) is 6.46. The molecule has 236 valence electrons. The number of benzene rings is 2. The fourth-order valence-electron chi connectivity index (χ4n) is 3.00. The Morgan fingerprint density at radius 1 is 0.489 bits per heavy atom. The number of rotatable bonds is 2. The number of halogens is 4. The number of hydrogen-bond donors (Lipinski definition) is 0. The van der Waals surface area contributed by atoms with E-state index in [0.29, 0.717) is 21.4 Å². The molecule has 0 amide bonds. The first kappa shape index (κ1) is 41.6. The largest absolute Gasteiger partial charge is 2.00 e. The van der Waals surface area contributed by atoms with Gasteiger partial charge >= 0.3 is 42.1 Å². The second-order valence-corrected chi connectivity index (χ2v) is 8.68. The topological polar surface area (TPSA) is 51.6 Å². The summed E-state index contributed by atoms with van der Waals surface area (Å²) < 4.78 is 51.6. The molecule has 0 atom stereocenters. The van der Waals surface area contributed by atoms with Crippen LogP contribution in [0.1, 0.15) is 7.43 Å². The molecule has 0 aliphatic rings. The van der Waals surface area contributed by atoms with Crippen molar-refractivity contribution in [2.24, 2.45) is 0 Å². The van der Waals surface area contributed by atoms with Crippen molar-refractivity contribution in [2.45, 2.75) is 17.5 Å². The van der Waals surface area contributed by atoms with E-state index >= 15 is 0 Å². The Kier molecular flexibility index (Phi) is 21.2. The summed E-state index contributed by atoms with van der Waals surface area (Å²) in [5.74, 6) is -2.57. The van der Waals surface area contributed by atoms with Gasteiger partial charge < -0.3 is 35.2 Å². The predicted octanol–water partition coefficient (Wildman–Crippen LogP) is 8.26. The second-order valence-electron chi connectivity index (χ2n) is 7.85. The zero-order chi connectivity index (χ0) is 30.2. The van der Waals surface area contributed by atoms with E-state index in [1.54, 1.807) is 73.3 Å². The molecule has 45 heavy (non-hydrogen) atoms. The van der Waals surface area contributed by atoms with Crippen LogP contribution in [-0.2, 0) is 67.4 Å². The molecular weight excluding hydrogens is 983 g/mol. The van der Waals surface area contributed by atoms with Crippen molar-refractivity contribution in [3.63, 3.8) is 0 Å². The third-order valence-electron chi connectivity index (χ3n) is 4.83. The van der Waals surface area contributed by atoms with Crippen molar-refractivity contribution >= 4 is 25.3 Å². The zero-order valence-corrected chi connectivity index (χ0v) is 28.5. The Bertz CT molecular complexity index is 1520. The summed E-state index contributed by atoms with van der Waals surface area (Å²) in [4.78, 5) is 15.5. The molecule has 4 heterocycles. The van der Waals surface area contributed by atoms with Crippen LogP contribution in [0.3, 0.4) is 0 Å². The SMILES string of the molecule is C.Fc1c[c-]c(-c2ccccn2)c(F)c1.Fc1c[c-]c(-c2ccccn2)c(F)c1.[Pt+2].[Pt+2].[S-]c1ccccn1.[S-]c1ccccn1. The monoisotopic (exact) mass is 1010 g/mol. The Balaban J connectivity index is 0.000000588. The second kappa shape index (κ2) is 23.0. The molecule has 0 radical (unpaired) electrons. The number of pyridine rings is 4. The molecule has 0 bridgehead atoms. The fourth-order valence-corrected chi connectivity index (χ4v) is 3.28. The summed E-state index contributed by atoms with van der Waals surface area (Å²) in [7, 11) is 0. The molecule has 6 aromatic rings. The van der Waals surface area contributed by atoms with E-state index in [2.05, 4.69) is 32.1 Å². The average molecular weight is 1010 g/mol. The third kappa shape index (κ3) is 15.4. The van der Waals surface area contributed by atoms with Gasteiger partial charge in [-0.15, -0.1) is 24.3 Å². The maximum atomic E-state index is 13.2. The van der Waals surface area contributed by atoms with E-state index < -0.39 is 23.3 Å². The quantitative estimate of drug-likeness (QED) is 0.0991. The van der Waals surface area contributed by atoms with Gasteiger partial charge in [-0.25, -0.2) is 0 Å². The maximum Gasteiger partial charge on any atom is 2.00 e. The number of hydrogen-bond acceptors (Lipinski definition) is 6. The molecule has 0 aliphatic heterocycles. The van der Waals surface area contributed by atoms with Crippen LogP contribution >= 0.6 is 0 Å². The van der Waals surface area contributed by atoms with Crippen molar-refractivity contribution in [3.8, 4) is 22.5 Å². The van der Waals surface area contributed by atoms with E-state index in [-0.39, 0.29) is 60.7 Å². The van der Waals surface area contributed by atoms with Gasteiger partial charge in [0.2, 0.25) is 0 Å². The minimum Gasteiger partial charge on any atom is -0.760 e. The minimum atomic E-state index is -0.649. The van der Waals surface area contributed by atoms with E-state index in [0.717, 1.165) is 24.3 Å². The molecular formula is C33H24F4N4Pt2S2. The van der Waals surface area contributed by atoms with Crippen molar-refractivity contribution in [3.05, 3.63) is 157 Å². The Hall–Kier alpha value is -3.42. The standard InChI is InChI=1S/2C11H6F2N.2C5H5NS.CH4.2Pt/c2*12-8-4-5-9(10(13)7-8)11-3-1-2-6-14-11;2*7-5-3-1-2-4-6-5;;;/h2*1-4,6-7H;2*1-4H,(H,6,7);1H4;;/q2*-1;;;;2*+2/p-2. The Morgan fingerprint density at radius 3 is 1.04 bits per heavy atom. The summed E-state index contributed by atoms with van der Waals surface area (Å²) >= 11 is 9.40. The fraction of sp³-hybridized carbons (Fsp3) is 0.0303. The molecule has 0 spiro atoms. The molecule has 0 aliphatic carbocycles. The van der Waals surface area contributed by atoms with Gasteiger partial charge in [-0.3, -0.25) is 27.5 Å². The van der Waals surface area contributed by atoms with Gasteiger partial charge in [-0.05, 0) is 35.7 Å². The molecule has 4 nitrogen and oxygen atoms in total. The molecule has 4 aromatic heterocycles. The molecule has 0 N–H and O–H groups in total.